The van der Waals surface area contributed by atoms with Crippen LogP contribution in [-0.4, -0.2) is 53.9 Å². The summed E-state index contributed by atoms with van der Waals surface area (Å²) in [5.74, 6) is -1.61. The van der Waals surface area contributed by atoms with Crippen LogP contribution in [0.15, 0.2) is 12.1 Å². The van der Waals surface area contributed by atoms with Crippen LogP contribution in [0.3, 0.4) is 0 Å². The Labute approximate surface area is 160 Å². The number of fused-ring (bicyclic) bond motifs is 6. The van der Waals surface area contributed by atoms with E-state index in [1.54, 1.807) is 26.0 Å². The van der Waals surface area contributed by atoms with Gasteiger partial charge >= 0.3 is 5.97 Å². The molecule has 4 aliphatic rings. The summed E-state index contributed by atoms with van der Waals surface area (Å²) < 4.78 is 28.1. The molecule has 148 valence electrons. The number of aromatic hydroxyl groups is 1. The Balaban J connectivity index is 1.67. The fourth-order valence-corrected chi connectivity index (χ4v) is 4.29. The number of hydrogen-bond donors (Lipinski definition) is 2. The number of carbonyl (C=O) groups is 2. The van der Waals surface area contributed by atoms with Crippen molar-refractivity contribution in [1.29, 1.82) is 0 Å². The summed E-state index contributed by atoms with van der Waals surface area (Å²) in [5.41, 5.74) is 1.24. The predicted molar refractivity (Wildman–Crippen MR) is 92.8 cm³/mol. The van der Waals surface area contributed by atoms with Crippen LogP contribution in [0.4, 0.5) is 0 Å². The molecule has 0 bridgehead atoms. The van der Waals surface area contributed by atoms with E-state index >= 15 is 0 Å². The Hall–Kier alpha value is -2.78. The van der Waals surface area contributed by atoms with Crippen LogP contribution in [0.1, 0.15) is 36.7 Å². The molecule has 1 saturated heterocycles. The highest BCUT2D eigenvalue weighted by molar-refractivity contribution is 6.07. The molecule has 28 heavy (non-hydrogen) atoms. The first kappa shape index (κ1) is 17.3. The molecule has 1 aliphatic carbocycles. The maximum absolute atomic E-state index is 12.8. The van der Waals surface area contributed by atoms with E-state index in [0.717, 1.165) is 0 Å². The number of hydrogen-bond acceptors (Lipinski definition) is 8. The lowest BCUT2D eigenvalue weighted by atomic mass is 9.79. The second kappa shape index (κ2) is 5.62. The van der Waals surface area contributed by atoms with Gasteiger partial charge in [0.25, 0.3) is 5.91 Å². The maximum Gasteiger partial charge on any atom is 0.303 e. The number of amides is 1. The van der Waals surface area contributed by atoms with Gasteiger partial charge in [0.1, 0.15) is 18.3 Å². The standard InChI is InChI=1S/C19H19NO8/c1-7(21)26-11-5-9-8-4-10-15(25-6-24-10)14(22)12(8)18(23)20-13(9)17-16(11)27-19(2,3)28-17/h4-5,11,13,16-17,22H,6H2,1-3H3,(H,20,23)/t11-,13+,16+,17-/m0/s1. The minimum Gasteiger partial charge on any atom is -0.504 e. The molecule has 1 fully saturated rings. The second-order valence-corrected chi connectivity index (χ2v) is 7.59. The fourth-order valence-electron chi connectivity index (χ4n) is 4.29. The van der Waals surface area contributed by atoms with Crippen molar-refractivity contribution >= 4 is 17.4 Å². The summed E-state index contributed by atoms with van der Waals surface area (Å²) in [6.07, 6.45) is -0.107. The third kappa shape index (κ3) is 2.39. The van der Waals surface area contributed by atoms with Crippen LogP contribution in [0, 0.1) is 0 Å². The molecule has 1 aromatic rings. The molecule has 1 aromatic carbocycles. The first-order valence-electron chi connectivity index (χ1n) is 8.96. The molecule has 5 rings (SSSR count). The van der Waals surface area contributed by atoms with Gasteiger partial charge in [0, 0.05) is 12.5 Å². The molecule has 4 atom stereocenters. The van der Waals surface area contributed by atoms with E-state index in [-0.39, 0.29) is 23.9 Å². The van der Waals surface area contributed by atoms with Gasteiger partial charge in [0.05, 0.1) is 11.6 Å². The average Bonchev–Trinajstić information content (AvgIpc) is 3.19. The predicted octanol–water partition coefficient (Wildman–Crippen LogP) is 1.08. The highest BCUT2D eigenvalue weighted by Gasteiger charge is 2.55. The number of benzene rings is 1. The van der Waals surface area contributed by atoms with Gasteiger partial charge in [-0.1, -0.05) is 0 Å². The normalized spacial score (nSPS) is 31.2. The summed E-state index contributed by atoms with van der Waals surface area (Å²) in [5, 5.41) is 13.4. The molecule has 9 nitrogen and oxygen atoms in total. The lowest BCUT2D eigenvalue weighted by Crippen LogP contribution is -2.56. The van der Waals surface area contributed by atoms with Gasteiger partial charge in [0.2, 0.25) is 12.5 Å². The third-order valence-electron chi connectivity index (χ3n) is 5.26. The monoisotopic (exact) mass is 389 g/mol. The van der Waals surface area contributed by atoms with Crippen LogP contribution in [-0.2, 0) is 19.0 Å². The van der Waals surface area contributed by atoms with Crippen LogP contribution in [0.2, 0.25) is 0 Å². The highest BCUT2D eigenvalue weighted by atomic mass is 16.8. The van der Waals surface area contributed by atoms with E-state index in [0.29, 0.717) is 16.9 Å². The van der Waals surface area contributed by atoms with Crippen molar-refractivity contribution in [2.24, 2.45) is 0 Å². The Morgan fingerprint density at radius 3 is 2.79 bits per heavy atom. The van der Waals surface area contributed by atoms with Gasteiger partial charge in [-0.3, -0.25) is 9.59 Å². The fraction of sp³-hybridized carbons (Fsp3) is 0.474. The molecule has 0 unspecified atom stereocenters. The Morgan fingerprint density at radius 2 is 2.04 bits per heavy atom. The lowest BCUT2D eigenvalue weighted by molar-refractivity contribution is -0.164. The molecular formula is C19H19NO8. The van der Waals surface area contributed by atoms with Gasteiger partial charge in [-0.25, -0.2) is 0 Å². The molecule has 0 saturated carbocycles. The zero-order valence-corrected chi connectivity index (χ0v) is 15.5. The Morgan fingerprint density at radius 1 is 1.29 bits per heavy atom. The molecular weight excluding hydrogens is 370 g/mol. The van der Waals surface area contributed by atoms with Crippen LogP contribution in [0.5, 0.6) is 17.2 Å². The topological polar surface area (TPSA) is 113 Å². The van der Waals surface area contributed by atoms with Crippen molar-refractivity contribution in [3.63, 3.8) is 0 Å². The summed E-state index contributed by atoms with van der Waals surface area (Å²) in [6, 6.07) is 1.12. The first-order chi connectivity index (χ1) is 13.2. The number of phenols is 1. The lowest BCUT2D eigenvalue weighted by Gasteiger charge is -2.39. The van der Waals surface area contributed by atoms with Crippen molar-refractivity contribution in [2.75, 3.05) is 6.79 Å². The molecule has 0 aromatic heterocycles. The van der Waals surface area contributed by atoms with Crippen molar-refractivity contribution < 1.29 is 38.4 Å². The largest absolute Gasteiger partial charge is 0.504 e. The van der Waals surface area contributed by atoms with E-state index < -0.39 is 42.0 Å². The molecule has 2 N–H and O–H groups in total. The highest BCUT2D eigenvalue weighted by Crippen LogP contribution is 2.50. The van der Waals surface area contributed by atoms with Crippen molar-refractivity contribution in [3.8, 4) is 17.2 Å². The van der Waals surface area contributed by atoms with Gasteiger partial charge in [0.15, 0.2) is 17.3 Å². The molecule has 3 heterocycles. The van der Waals surface area contributed by atoms with E-state index in [4.69, 9.17) is 23.7 Å². The zero-order valence-electron chi connectivity index (χ0n) is 15.5. The SMILES string of the molecule is CC(=O)O[C@H]1C=C2c3cc4c(c(O)c3C(=O)N[C@H]2[C@@H]2OC(C)(C)O[C@@H]21)OCO4. The van der Waals surface area contributed by atoms with E-state index in [2.05, 4.69) is 5.32 Å². The number of ether oxygens (including phenoxy) is 5. The van der Waals surface area contributed by atoms with Crippen molar-refractivity contribution in [3.05, 3.63) is 23.3 Å². The summed E-state index contributed by atoms with van der Waals surface area (Å²) in [4.78, 5) is 24.4. The van der Waals surface area contributed by atoms with E-state index in [9.17, 15) is 14.7 Å². The minimum atomic E-state index is -0.904. The van der Waals surface area contributed by atoms with E-state index in [1.165, 1.54) is 6.92 Å². The van der Waals surface area contributed by atoms with Crippen LogP contribution < -0.4 is 14.8 Å². The zero-order chi connectivity index (χ0) is 19.8. The molecule has 3 aliphatic heterocycles. The minimum absolute atomic E-state index is 0.0399. The van der Waals surface area contributed by atoms with Crippen LogP contribution in [0.25, 0.3) is 5.57 Å². The first-order valence-corrected chi connectivity index (χ1v) is 8.96. The summed E-state index contributed by atoms with van der Waals surface area (Å²) >= 11 is 0. The van der Waals surface area contributed by atoms with Gasteiger partial charge < -0.3 is 34.1 Å². The number of rotatable bonds is 1. The summed E-state index contributed by atoms with van der Waals surface area (Å²) in [6.45, 7) is 4.80. The quantitative estimate of drug-likeness (QED) is 0.687. The maximum atomic E-state index is 12.8. The number of esters is 1. The molecule has 1 amide bonds. The number of nitrogens with one attached hydrogen (secondary N) is 1. The van der Waals surface area contributed by atoms with Crippen molar-refractivity contribution in [2.45, 2.75) is 50.9 Å². The van der Waals surface area contributed by atoms with E-state index in [1.807, 2.05) is 0 Å². The second-order valence-electron chi connectivity index (χ2n) is 7.59. The van der Waals surface area contributed by atoms with Crippen LogP contribution >= 0.6 is 0 Å². The smallest absolute Gasteiger partial charge is 0.303 e. The van der Waals surface area contributed by atoms with Gasteiger partial charge in [-0.2, -0.15) is 0 Å². The third-order valence-corrected chi connectivity index (χ3v) is 5.26. The Bertz CT molecular complexity index is 936. The van der Waals surface area contributed by atoms with Crippen molar-refractivity contribution in [1.82, 2.24) is 5.32 Å². The van der Waals surface area contributed by atoms with Gasteiger partial charge in [-0.05, 0) is 31.6 Å². The number of phenolic OH excluding ortho intramolecular Hbond substituents is 1. The molecule has 0 spiro atoms. The van der Waals surface area contributed by atoms with Gasteiger partial charge in [-0.15, -0.1) is 0 Å². The Kier molecular flexibility index (Phi) is 3.48. The molecule has 0 radical (unpaired) electrons. The molecule has 9 heteroatoms. The average molecular weight is 389 g/mol. The number of carbonyl (C=O) groups excluding carboxylic acids is 2. The summed E-state index contributed by atoms with van der Waals surface area (Å²) in [7, 11) is 0.